The number of aromatic nitrogens is 1. The van der Waals surface area contributed by atoms with Gasteiger partial charge in [0, 0.05) is 5.39 Å². The average molecular weight is 526 g/mol. The van der Waals surface area contributed by atoms with Gasteiger partial charge in [-0.1, -0.05) is 29.3 Å². The molecule has 3 heterocycles. The van der Waals surface area contributed by atoms with Gasteiger partial charge < -0.3 is 20.2 Å². The van der Waals surface area contributed by atoms with Crippen LogP contribution < -0.4 is 15.8 Å². The summed E-state index contributed by atoms with van der Waals surface area (Å²) in [6, 6.07) is 9.08. The van der Waals surface area contributed by atoms with Gasteiger partial charge in [0.15, 0.2) is 5.76 Å². The van der Waals surface area contributed by atoms with E-state index in [1.807, 2.05) is 0 Å². The third-order valence-corrected chi connectivity index (χ3v) is 6.64. The van der Waals surface area contributed by atoms with Crippen LogP contribution in [0.25, 0.3) is 10.2 Å². The van der Waals surface area contributed by atoms with Crippen molar-refractivity contribution in [2.75, 3.05) is 5.32 Å². The van der Waals surface area contributed by atoms with Crippen LogP contribution in [0.15, 0.2) is 40.8 Å². The summed E-state index contributed by atoms with van der Waals surface area (Å²) >= 11 is 12.9. The van der Waals surface area contributed by atoms with E-state index in [9.17, 15) is 18.4 Å². The molecule has 0 aliphatic heterocycles. The molecule has 4 aromatic rings. The first-order valence-electron chi connectivity index (χ1n) is 9.64. The van der Waals surface area contributed by atoms with Gasteiger partial charge in [0.2, 0.25) is 0 Å². The van der Waals surface area contributed by atoms with Crippen LogP contribution in [0.1, 0.15) is 43.7 Å². The third kappa shape index (κ3) is 4.70. The van der Waals surface area contributed by atoms with Gasteiger partial charge >= 0.3 is 0 Å². The van der Waals surface area contributed by atoms with Gasteiger partial charge in [0.25, 0.3) is 18.2 Å². The molecule has 34 heavy (non-hydrogen) atoms. The second-order valence-electron chi connectivity index (χ2n) is 7.08. The molecule has 7 nitrogen and oxygen atoms in total. The van der Waals surface area contributed by atoms with Gasteiger partial charge in [-0.2, -0.15) is 0 Å². The number of nitrogens with two attached hydrogens (primary N) is 1. The van der Waals surface area contributed by atoms with Gasteiger partial charge in [-0.05, 0) is 42.8 Å². The van der Waals surface area contributed by atoms with Crippen LogP contribution >= 0.6 is 34.5 Å². The van der Waals surface area contributed by atoms with Crippen LogP contribution in [-0.4, -0.2) is 16.8 Å². The Kier molecular flexibility index (Phi) is 6.74. The van der Waals surface area contributed by atoms with Crippen molar-refractivity contribution in [3.8, 4) is 5.75 Å². The third-order valence-electron chi connectivity index (χ3n) is 4.74. The van der Waals surface area contributed by atoms with E-state index in [2.05, 4.69) is 10.3 Å². The maximum atomic E-state index is 13.1. The molecular formula is C22H15Cl2F2N3O4S. The van der Waals surface area contributed by atoms with Crippen LogP contribution in [-0.2, 0) is 6.61 Å². The monoisotopic (exact) mass is 525 g/mol. The maximum absolute atomic E-state index is 13.1. The minimum atomic E-state index is -2.79. The van der Waals surface area contributed by atoms with E-state index >= 15 is 0 Å². The van der Waals surface area contributed by atoms with E-state index in [0.717, 1.165) is 11.3 Å². The molecule has 3 aromatic heterocycles. The van der Waals surface area contributed by atoms with Crippen molar-refractivity contribution in [2.24, 2.45) is 5.73 Å². The van der Waals surface area contributed by atoms with Crippen molar-refractivity contribution in [1.29, 1.82) is 0 Å². The second-order valence-corrected chi connectivity index (χ2v) is 8.86. The Labute approximate surface area is 205 Å². The SMILES string of the molecule is Cc1cc(C(F)F)nc2sc(C(N)=O)c(NC(=O)c3ccc(COc4cccc(Cl)c4Cl)o3)c12. The van der Waals surface area contributed by atoms with E-state index in [0.29, 0.717) is 27.5 Å². The lowest BCUT2D eigenvalue weighted by Gasteiger charge is -2.08. The predicted molar refractivity (Wildman–Crippen MR) is 125 cm³/mol. The Hall–Kier alpha value is -3.21. The molecule has 3 N–H and O–H groups in total. The lowest BCUT2D eigenvalue weighted by molar-refractivity contribution is 0.0992. The number of anilines is 1. The molecule has 12 heteroatoms. The van der Waals surface area contributed by atoms with Crippen LogP contribution in [0.5, 0.6) is 5.75 Å². The average Bonchev–Trinajstić information content (AvgIpc) is 3.40. The molecule has 0 saturated heterocycles. The van der Waals surface area contributed by atoms with Gasteiger partial charge in [0.05, 0.1) is 10.7 Å². The minimum Gasteiger partial charge on any atom is -0.484 e. The highest BCUT2D eigenvalue weighted by atomic mass is 35.5. The van der Waals surface area contributed by atoms with E-state index in [1.54, 1.807) is 25.1 Å². The molecule has 0 fully saturated rings. The molecule has 1 aromatic carbocycles. The van der Waals surface area contributed by atoms with E-state index in [-0.39, 0.29) is 32.8 Å². The molecule has 176 valence electrons. The summed E-state index contributed by atoms with van der Waals surface area (Å²) in [5.41, 5.74) is 5.51. The molecule has 0 aliphatic rings. The number of ether oxygens (including phenoxy) is 1. The van der Waals surface area contributed by atoms with Crippen LogP contribution in [0.4, 0.5) is 14.5 Å². The summed E-state index contributed by atoms with van der Waals surface area (Å²) in [7, 11) is 0. The molecular weight excluding hydrogens is 511 g/mol. The van der Waals surface area contributed by atoms with Crippen molar-refractivity contribution in [1.82, 2.24) is 4.98 Å². The first-order chi connectivity index (χ1) is 16.2. The molecule has 0 spiro atoms. The Morgan fingerprint density at radius 3 is 2.74 bits per heavy atom. The van der Waals surface area contributed by atoms with Crippen molar-refractivity contribution in [3.63, 3.8) is 0 Å². The number of rotatable bonds is 7. The number of pyridine rings is 1. The van der Waals surface area contributed by atoms with Crippen LogP contribution in [0.2, 0.25) is 10.0 Å². The number of thiophene rings is 1. The van der Waals surface area contributed by atoms with Crippen molar-refractivity contribution in [3.05, 3.63) is 74.1 Å². The number of hydrogen-bond donors (Lipinski definition) is 2. The summed E-state index contributed by atoms with van der Waals surface area (Å²) in [5.74, 6) is -0.903. The molecule has 0 atom stereocenters. The first kappa shape index (κ1) is 23.9. The highest BCUT2D eigenvalue weighted by molar-refractivity contribution is 7.21. The predicted octanol–water partition coefficient (Wildman–Crippen LogP) is 6.37. The smallest absolute Gasteiger partial charge is 0.291 e. The maximum Gasteiger partial charge on any atom is 0.291 e. The molecule has 0 unspecified atom stereocenters. The summed E-state index contributed by atoms with van der Waals surface area (Å²) in [4.78, 5) is 28.8. The number of hydrogen-bond acceptors (Lipinski definition) is 6. The Balaban J connectivity index is 1.58. The number of alkyl halides is 2. The molecule has 2 amide bonds. The highest BCUT2D eigenvalue weighted by Gasteiger charge is 2.24. The van der Waals surface area contributed by atoms with Gasteiger partial charge in [-0.15, -0.1) is 11.3 Å². The molecule has 0 aliphatic carbocycles. The zero-order valence-corrected chi connectivity index (χ0v) is 19.7. The molecule has 4 rings (SSSR count). The number of fused-ring (bicyclic) bond motifs is 1. The largest absolute Gasteiger partial charge is 0.484 e. The summed E-state index contributed by atoms with van der Waals surface area (Å²) < 4.78 is 37.4. The fourth-order valence-corrected chi connectivity index (χ4v) is 4.62. The Bertz CT molecular complexity index is 1420. The molecule has 0 saturated carbocycles. The number of nitrogens with zero attached hydrogens (tertiary/aromatic N) is 1. The standard InChI is InChI=1S/C22H15Cl2F2N3O4S/c1-9-7-12(19(25)26)28-22-15(9)17(18(34-22)20(27)30)29-21(31)14-6-5-10(33-14)8-32-13-4-2-3-11(23)16(13)24/h2-7,19H,8H2,1H3,(H2,27,30)(H,29,31). The number of nitrogens with one attached hydrogen (secondary N) is 1. The lowest BCUT2D eigenvalue weighted by Crippen LogP contribution is -2.16. The zero-order valence-electron chi connectivity index (χ0n) is 17.3. The number of halogens is 4. The normalized spacial score (nSPS) is 11.2. The van der Waals surface area contributed by atoms with Gasteiger partial charge in [-0.25, -0.2) is 13.8 Å². The summed E-state index contributed by atoms with van der Waals surface area (Å²) in [6.45, 7) is 1.55. The van der Waals surface area contributed by atoms with Crippen molar-refractivity contribution < 1.29 is 27.5 Å². The van der Waals surface area contributed by atoms with E-state index in [4.69, 9.17) is 38.1 Å². The number of furan rings is 1. The second kappa shape index (κ2) is 9.57. The van der Waals surface area contributed by atoms with E-state index in [1.165, 1.54) is 18.2 Å². The fourth-order valence-electron chi connectivity index (χ4n) is 3.21. The fraction of sp³-hybridized carbons (Fsp3) is 0.136. The number of primary amides is 1. The summed E-state index contributed by atoms with van der Waals surface area (Å²) in [6.07, 6.45) is -2.79. The van der Waals surface area contributed by atoms with Gasteiger partial charge in [0.1, 0.15) is 38.5 Å². The Morgan fingerprint density at radius 2 is 2.03 bits per heavy atom. The van der Waals surface area contributed by atoms with Crippen molar-refractivity contribution >= 4 is 62.3 Å². The van der Waals surface area contributed by atoms with Gasteiger partial charge in [-0.3, -0.25) is 9.59 Å². The molecule has 0 bridgehead atoms. The lowest BCUT2D eigenvalue weighted by atomic mass is 10.1. The number of aryl methyl sites for hydroxylation is 1. The topological polar surface area (TPSA) is 107 Å². The van der Waals surface area contributed by atoms with E-state index < -0.39 is 23.9 Å². The van der Waals surface area contributed by atoms with Crippen LogP contribution in [0.3, 0.4) is 0 Å². The first-order valence-corrected chi connectivity index (χ1v) is 11.2. The number of amides is 2. The highest BCUT2D eigenvalue weighted by Crippen LogP contribution is 2.38. The minimum absolute atomic E-state index is 0.0175. The number of benzene rings is 1. The zero-order chi connectivity index (χ0) is 24.6. The van der Waals surface area contributed by atoms with Crippen LogP contribution in [0, 0.1) is 6.92 Å². The molecule has 0 radical (unpaired) electrons. The van der Waals surface area contributed by atoms with Crippen molar-refractivity contribution in [2.45, 2.75) is 20.0 Å². The summed E-state index contributed by atoms with van der Waals surface area (Å²) in [5, 5.41) is 3.52. The number of carbonyl (C=O) groups is 2. The number of carbonyl (C=O) groups excluding carboxylic acids is 2. The quantitative estimate of drug-likeness (QED) is 0.291. The Morgan fingerprint density at radius 1 is 1.26 bits per heavy atom.